The van der Waals surface area contributed by atoms with Crippen LogP contribution in [0.2, 0.25) is 0 Å². The SMILES string of the molecule is Cc1ccc(F)cc1-c1cc(C(F)(F)F)c(OC2C[C@@H]3CNC[C@H]3C2)nn1.Cl. The summed E-state index contributed by atoms with van der Waals surface area (Å²) in [6, 6.07) is 4.79. The zero-order chi connectivity index (χ0) is 19.2. The van der Waals surface area contributed by atoms with Gasteiger partial charge in [0.2, 0.25) is 5.88 Å². The average Bonchev–Trinajstić information content (AvgIpc) is 3.18. The van der Waals surface area contributed by atoms with Crippen LogP contribution in [0, 0.1) is 24.6 Å². The Morgan fingerprint density at radius 1 is 1.07 bits per heavy atom. The molecule has 1 saturated carbocycles. The maximum Gasteiger partial charge on any atom is 0.421 e. The van der Waals surface area contributed by atoms with Crippen LogP contribution in [0.15, 0.2) is 24.3 Å². The largest absolute Gasteiger partial charge is 0.473 e. The third kappa shape index (κ3) is 4.07. The van der Waals surface area contributed by atoms with E-state index in [0.29, 0.717) is 30.2 Å². The number of nitrogens with one attached hydrogen (secondary N) is 1. The van der Waals surface area contributed by atoms with Crippen molar-refractivity contribution in [3.63, 3.8) is 0 Å². The summed E-state index contributed by atoms with van der Waals surface area (Å²) in [5, 5.41) is 10.9. The van der Waals surface area contributed by atoms with Gasteiger partial charge in [-0.05, 0) is 68.5 Å². The minimum absolute atomic E-state index is 0. The number of alkyl halides is 3. The number of hydrogen-bond donors (Lipinski definition) is 1. The molecule has 28 heavy (non-hydrogen) atoms. The molecule has 1 aromatic heterocycles. The fourth-order valence-corrected chi connectivity index (χ4v) is 4.04. The first-order chi connectivity index (χ1) is 12.8. The summed E-state index contributed by atoms with van der Waals surface area (Å²) in [6.45, 7) is 3.43. The molecule has 1 saturated heterocycles. The minimum atomic E-state index is -4.64. The zero-order valence-corrected chi connectivity index (χ0v) is 15.9. The summed E-state index contributed by atoms with van der Waals surface area (Å²) in [5.41, 5.74) is -0.116. The highest BCUT2D eigenvalue weighted by Crippen LogP contribution is 2.41. The number of rotatable bonds is 3. The number of aromatic nitrogens is 2. The zero-order valence-electron chi connectivity index (χ0n) is 15.1. The average molecular weight is 418 g/mol. The predicted molar refractivity (Wildman–Crippen MR) is 97.9 cm³/mol. The first-order valence-corrected chi connectivity index (χ1v) is 8.90. The smallest absolute Gasteiger partial charge is 0.421 e. The molecule has 4 rings (SSSR count). The van der Waals surface area contributed by atoms with E-state index in [4.69, 9.17) is 4.74 Å². The molecule has 2 atom stereocenters. The van der Waals surface area contributed by atoms with Crippen LogP contribution in [0.3, 0.4) is 0 Å². The Morgan fingerprint density at radius 3 is 2.39 bits per heavy atom. The Kier molecular flexibility index (Phi) is 5.82. The summed E-state index contributed by atoms with van der Waals surface area (Å²) < 4.78 is 59.9. The van der Waals surface area contributed by atoms with E-state index < -0.39 is 23.4 Å². The van der Waals surface area contributed by atoms with Crippen molar-refractivity contribution in [1.29, 1.82) is 0 Å². The van der Waals surface area contributed by atoms with Gasteiger partial charge in [0.25, 0.3) is 0 Å². The van der Waals surface area contributed by atoms with Crippen LogP contribution in [-0.2, 0) is 6.18 Å². The Hall–Kier alpha value is -1.93. The standard InChI is InChI=1S/C19H19F4N3O.ClH/c1-10-2-3-13(20)6-15(10)17-7-16(19(21,22)23)18(26-25-17)27-14-4-11-8-24-9-12(11)5-14;/h2-3,6-7,11-12,14,24H,4-5,8-9H2,1H3;1H/t11-,12-;/m1./s1. The molecule has 0 spiro atoms. The molecule has 2 aromatic rings. The molecule has 0 amide bonds. The van der Waals surface area contributed by atoms with Gasteiger partial charge in [0.05, 0.1) is 5.69 Å². The number of halogens is 5. The van der Waals surface area contributed by atoms with Gasteiger partial charge < -0.3 is 10.1 Å². The van der Waals surface area contributed by atoms with Gasteiger partial charge in [-0.25, -0.2) is 4.39 Å². The van der Waals surface area contributed by atoms with Gasteiger partial charge in [-0.3, -0.25) is 0 Å². The third-order valence-electron chi connectivity index (χ3n) is 5.43. The maximum atomic E-state index is 13.6. The molecular formula is C19H20ClF4N3O. The number of aryl methyl sites for hydroxylation is 1. The van der Waals surface area contributed by atoms with Crippen LogP contribution in [0.5, 0.6) is 5.88 Å². The fraction of sp³-hybridized carbons (Fsp3) is 0.474. The molecule has 152 valence electrons. The van der Waals surface area contributed by atoms with E-state index in [1.165, 1.54) is 12.1 Å². The monoisotopic (exact) mass is 417 g/mol. The first-order valence-electron chi connectivity index (χ1n) is 8.90. The lowest BCUT2D eigenvalue weighted by atomic mass is 10.0. The summed E-state index contributed by atoms with van der Waals surface area (Å²) in [4.78, 5) is 0. The van der Waals surface area contributed by atoms with Gasteiger partial charge in [-0.1, -0.05) is 6.07 Å². The van der Waals surface area contributed by atoms with E-state index in [1.807, 2.05) is 0 Å². The Morgan fingerprint density at radius 2 is 1.75 bits per heavy atom. The van der Waals surface area contributed by atoms with Gasteiger partial charge in [-0.2, -0.15) is 13.2 Å². The molecule has 1 aliphatic carbocycles. The van der Waals surface area contributed by atoms with E-state index in [0.717, 1.165) is 25.2 Å². The van der Waals surface area contributed by atoms with Gasteiger partial charge in [0, 0.05) is 5.56 Å². The predicted octanol–water partition coefficient (Wildman–Crippen LogP) is 4.41. The number of nitrogens with zero attached hydrogens (tertiary/aromatic N) is 2. The molecule has 1 N–H and O–H groups in total. The van der Waals surface area contributed by atoms with Gasteiger partial charge in [0.1, 0.15) is 17.5 Å². The minimum Gasteiger partial charge on any atom is -0.473 e. The van der Waals surface area contributed by atoms with Crippen LogP contribution in [-0.4, -0.2) is 29.4 Å². The summed E-state index contributed by atoms with van der Waals surface area (Å²) in [6.07, 6.45) is -3.51. The normalized spacial score (nSPS) is 22.0. The lowest BCUT2D eigenvalue weighted by molar-refractivity contribution is -0.139. The quantitative estimate of drug-likeness (QED) is 0.751. The van der Waals surface area contributed by atoms with E-state index in [-0.39, 0.29) is 29.8 Å². The van der Waals surface area contributed by atoms with E-state index in [1.54, 1.807) is 6.92 Å². The number of benzene rings is 1. The molecule has 2 fully saturated rings. The highest BCUT2D eigenvalue weighted by molar-refractivity contribution is 5.85. The van der Waals surface area contributed by atoms with Crippen molar-refractivity contribution >= 4 is 12.4 Å². The van der Waals surface area contributed by atoms with E-state index in [9.17, 15) is 17.6 Å². The summed E-state index contributed by atoms with van der Waals surface area (Å²) >= 11 is 0. The Bertz CT molecular complexity index is 850. The van der Waals surface area contributed by atoms with Crippen molar-refractivity contribution < 1.29 is 22.3 Å². The number of fused-ring (bicyclic) bond motifs is 1. The molecule has 1 aromatic carbocycles. The second-order valence-corrected chi connectivity index (χ2v) is 7.30. The van der Waals surface area contributed by atoms with Crippen molar-refractivity contribution in [3.05, 3.63) is 41.2 Å². The van der Waals surface area contributed by atoms with Gasteiger partial charge >= 0.3 is 6.18 Å². The molecule has 0 unspecified atom stereocenters. The molecule has 0 radical (unpaired) electrons. The fourth-order valence-electron chi connectivity index (χ4n) is 4.04. The van der Waals surface area contributed by atoms with Crippen molar-refractivity contribution in [1.82, 2.24) is 15.5 Å². The number of hydrogen-bond acceptors (Lipinski definition) is 4. The topological polar surface area (TPSA) is 47.0 Å². The van der Waals surface area contributed by atoms with Crippen LogP contribution < -0.4 is 10.1 Å². The third-order valence-corrected chi connectivity index (χ3v) is 5.43. The first kappa shape index (κ1) is 20.8. The Balaban J connectivity index is 0.00000225. The van der Waals surface area contributed by atoms with Crippen LogP contribution >= 0.6 is 12.4 Å². The van der Waals surface area contributed by atoms with Gasteiger partial charge in [-0.15, -0.1) is 22.6 Å². The van der Waals surface area contributed by atoms with Crippen LogP contribution in [0.25, 0.3) is 11.3 Å². The highest BCUT2D eigenvalue weighted by Gasteiger charge is 2.41. The molecule has 9 heteroatoms. The second kappa shape index (κ2) is 7.83. The van der Waals surface area contributed by atoms with Crippen LogP contribution in [0.1, 0.15) is 24.0 Å². The molecule has 1 aliphatic heterocycles. The summed E-state index contributed by atoms with van der Waals surface area (Å²) in [7, 11) is 0. The number of ether oxygens (including phenoxy) is 1. The van der Waals surface area contributed by atoms with Crippen molar-refractivity contribution in [2.24, 2.45) is 11.8 Å². The van der Waals surface area contributed by atoms with Crippen molar-refractivity contribution in [3.8, 4) is 17.1 Å². The maximum absolute atomic E-state index is 13.6. The van der Waals surface area contributed by atoms with Crippen LogP contribution in [0.4, 0.5) is 17.6 Å². The molecule has 2 heterocycles. The Labute approximate surface area is 166 Å². The molecule has 4 nitrogen and oxygen atoms in total. The molecule has 0 bridgehead atoms. The highest BCUT2D eigenvalue weighted by atomic mass is 35.5. The summed E-state index contributed by atoms with van der Waals surface area (Å²) in [5.74, 6) is -0.173. The molecule has 2 aliphatic rings. The lowest BCUT2D eigenvalue weighted by Gasteiger charge is -2.18. The van der Waals surface area contributed by atoms with Crippen molar-refractivity contribution in [2.75, 3.05) is 13.1 Å². The van der Waals surface area contributed by atoms with Gasteiger partial charge in [0.15, 0.2) is 0 Å². The lowest BCUT2D eigenvalue weighted by Crippen LogP contribution is -2.21. The second-order valence-electron chi connectivity index (χ2n) is 7.30. The van der Waals surface area contributed by atoms with E-state index in [2.05, 4.69) is 15.5 Å². The van der Waals surface area contributed by atoms with Crippen molar-refractivity contribution in [2.45, 2.75) is 32.0 Å². The molecular weight excluding hydrogens is 398 g/mol. The van der Waals surface area contributed by atoms with E-state index >= 15 is 0 Å².